The van der Waals surface area contributed by atoms with Crippen molar-refractivity contribution in [3.63, 3.8) is 0 Å². The summed E-state index contributed by atoms with van der Waals surface area (Å²) in [5, 5.41) is 4.46. The van der Waals surface area contributed by atoms with Gasteiger partial charge in [0.2, 0.25) is 0 Å². The maximum atomic E-state index is 12.3. The Labute approximate surface area is 154 Å². The van der Waals surface area contributed by atoms with E-state index in [1.807, 2.05) is 36.5 Å². The van der Waals surface area contributed by atoms with E-state index in [2.05, 4.69) is 16.9 Å². The monoisotopic (exact) mass is 364 g/mol. The molecule has 0 saturated carbocycles. The molecule has 1 fully saturated rings. The fourth-order valence-electron chi connectivity index (χ4n) is 3.07. The fourth-order valence-corrected chi connectivity index (χ4v) is 3.07. The molecule has 1 aromatic heterocycles. The summed E-state index contributed by atoms with van der Waals surface area (Å²) in [6, 6.07) is 9.94. The molecule has 0 bridgehead atoms. The summed E-state index contributed by atoms with van der Waals surface area (Å²) in [6.45, 7) is 6.71. The van der Waals surface area contributed by atoms with E-state index >= 15 is 0 Å². The Morgan fingerprint density at radius 2 is 2.04 bits per heavy atom. The molecule has 1 aliphatic rings. The van der Waals surface area contributed by atoms with Crippen molar-refractivity contribution < 1.29 is 9.53 Å². The summed E-state index contributed by atoms with van der Waals surface area (Å²) in [6.07, 6.45) is 1.91. The molecule has 0 aliphatic carbocycles. The first kappa shape index (κ1) is 19.4. The minimum absolute atomic E-state index is 0. The van der Waals surface area contributed by atoms with E-state index in [1.54, 1.807) is 11.6 Å². The molecule has 1 saturated heterocycles. The number of rotatable bonds is 5. The molecule has 0 spiro atoms. The Kier molecular flexibility index (Phi) is 6.58. The molecule has 3 rings (SSSR count). The van der Waals surface area contributed by atoms with Crippen LogP contribution in [0.5, 0.6) is 0 Å². The SMILES string of the molecule is CCOC(=O)c1nn(-c2ccccc2)cc1CN1CC(C)C(N)C1.Cl. The number of ether oxygens (including phenoxy) is 1. The summed E-state index contributed by atoms with van der Waals surface area (Å²) >= 11 is 0. The molecule has 2 N–H and O–H groups in total. The molecule has 136 valence electrons. The minimum Gasteiger partial charge on any atom is -0.461 e. The van der Waals surface area contributed by atoms with Crippen molar-refractivity contribution >= 4 is 18.4 Å². The number of hydrogen-bond acceptors (Lipinski definition) is 5. The van der Waals surface area contributed by atoms with Crippen molar-refractivity contribution in [1.29, 1.82) is 0 Å². The smallest absolute Gasteiger partial charge is 0.359 e. The number of nitrogens with two attached hydrogens (primary N) is 1. The Morgan fingerprint density at radius 3 is 2.64 bits per heavy atom. The highest BCUT2D eigenvalue weighted by Crippen LogP contribution is 2.20. The van der Waals surface area contributed by atoms with Crippen LogP contribution in [0.25, 0.3) is 5.69 Å². The van der Waals surface area contributed by atoms with Gasteiger partial charge in [0.15, 0.2) is 5.69 Å². The van der Waals surface area contributed by atoms with E-state index in [0.717, 1.165) is 24.3 Å². The highest BCUT2D eigenvalue weighted by molar-refractivity contribution is 5.88. The summed E-state index contributed by atoms with van der Waals surface area (Å²) in [5.74, 6) is 0.0823. The van der Waals surface area contributed by atoms with Crippen LogP contribution in [0, 0.1) is 5.92 Å². The zero-order valence-electron chi connectivity index (χ0n) is 14.6. The van der Waals surface area contributed by atoms with E-state index in [9.17, 15) is 4.79 Å². The van der Waals surface area contributed by atoms with Crippen LogP contribution < -0.4 is 5.73 Å². The molecule has 1 aromatic carbocycles. The number of aromatic nitrogens is 2. The van der Waals surface area contributed by atoms with Gasteiger partial charge in [0.05, 0.1) is 12.3 Å². The van der Waals surface area contributed by atoms with E-state index in [4.69, 9.17) is 10.5 Å². The van der Waals surface area contributed by atoms with Gasteiger partial charge in [-0.2, -0.15) is 5.10 Å². The van der Waals surface area contributed by atoms with Crippen molar-refractivity contribution in [1.82, 2.24) is 14.7 Å². The molecule has 1 aliphatic heterocycles. The first-order valence-electron chi connectivity index (χ1n) is 8.37. The molecule has 25 heavy (non-hydrogen) atoms. The number of para-hydroxylation sites is 1. The highest BCUT2D eigenvalue weighted by Gasteiger charge is 2.28. The van der Waals surface area contributed by atoms with Crippen LogP contribution in [-0.4, -0.2) is 46.4 Å². The van der Waals surface area contributed by atoms with Gasteiger partial charge in [-0.3, -0.25) is 4.90 Å². The van der Waals surface area contributed by atoms with Crippen LogP contribution in [0.2, 0.25) is 0 Å². The first-order valence-corrected chi connectivity index (χ1v) is 8.37. The van der Waals surface area contributed by atoms with Crippen molar-refractivity contribution in [3.05, 3.63) is 47.8 Å². The van der Waals surface area contributed by atoms with Gasteiger partial charge >= 0.3 is 5.97 Å². The lowest BCUT2D eigenvalue weighted by atomic mass is 10.1. The molecule has 2 heterocycles. The van der Waals surface area contributed by atoms with Gasteiger partial charge in [0.1, 0.15) is 0 Å². The normalized spacial score (nSPS) is 20.3. The Morgan fingerprint density at radius 1 is 1.32 bits per heavy atom. The van der Waals surface area contributed by atoms with Crippen LogP contribution in [0.15, 0.2) is 36.5 Å². The van der Waals surface area contributed by atoms with Gasteiger partial charge in [0.25, 0.3) is 0 Å². The van der Waals surface area contributed by atoms with Crippen molar-refractivity contribution in [2.75, 3.05) is 19.7 Å². The maximum Gasteiger partial charge on any atom is 0.359 e. The van der Waals surface area contributed by atoms with Gasteiger partial charge in [0, 0.05) is 37.4 Å². The number of carbonyl (C=O) groups excluding carboxylic acids is 1. The lowest BCUT2D eigenvalue weighted by molar-refractivity contribution is 0.0516. The average Bonchev–Trinajstić information content (AvgIpc) is 3.13. The lowest BCUT2D eigenvalue weighted by Gasteiger charge is -2.14. The molecule has 2 unspecified atom stereocenters. The number of likely N-dealkylation sites (tertiary alicyclic amines) is 1. The van der Waals surface area contributed by atoms with Crippen molar-refractivity contribution in [3.8, 4) is 5.69 Å². The third-order valence-electron chi connectivity index (χ3n) is 4.42. The third-order valence-corrected chi connectivity index (χ3v) is 4.42. The first-order chi connectivity index (χ1) is 11.6. The number of hydrogen-bond donors (Lipinski definition) is 1. The van der Waals surface area contributed by atoms with Crippen LogP contribution in [0.4, 0.5) is 0 Å². The molecule has 2 aromatic rings. The zero-order valence-corrected chi connectivity index (χ0v) is 15.4. The van der Waals surface area contributed by atoms with Gasteiger partial charge in [-0.05, 0) is 25.0 Å². The van der Waals surface area contributed by atoms with E-state index < -0.39 is 0 Å². The standard InChI is InChI=1S/C18H24N4O2.ClH/c1-3-24-18(23)17-14(10-21-9-13(2)16(19)12-21)11-22(20-17)15-7-5-4-6-8-15;/h4-8,11,13,16H,3,9-10,12,19H2,1-2H3;1H. The second-order valence-electron chi connectivity index (χ2n) is 6.34. The number of carbonyl (C=O) groups is 1. The van der Waals surface area contributed by atoms with E-state index in [-0.39, 0.29) is 24.4 Å². The molecule has 2 atom stereocenters. The predicted octanol–water partition coefficient (Wildman–Crippen LogP) is 2.25. The number of esters is 1. The third kappa shape index (κ3) is 4.39. The maximum absolute atomic E-state index is 12.3. The predicted molar refractivity (Wildman–Crippen MR) is 99.2 cm³/mol. The summed E-state index contributed by atoms with van der Waals surface area (Å²) in [7, 11) is 0. The van der Waals surface area contributed by atoms with Gasteiger partial charge < -0.3 is 10.5 Å². The molecule has 0 radical (unpaired) electrons. The Bertz CT molecular complexity index is 694. The van der Waals surface area contributed by atoms with Crippen LogP contribution in [0.3, 0.4) is 0 Å². The van der Waals surface area contributed by atoms with Crippen LogP contribution >= 0.6 is 12.4 Å². The Balaban J connectivity index is 0.00000225. The van der Waals surface area contributed by atoms with E-state index in [0.29, 0.717) is 24.8 Å². The topological polar surface area (TPSA) is 73.4 Å². The highest BCUT2D eigenvalue weighted by atomic mass is 35.5. The number of nitrogens with zero attached hydrogens (tertiary/aromatic N) is 3. The quantitative estimate of drug-likeness (QED) is 0.824. The van der Waals surface area contributed by atoms with E-state index in [1.165, 1.54) is 0 Å². The number of benzene rings is 1. The van der Waals surface area contributed by atoms with Gasteiger partial charge in [-0.1, -0.05) is 25.1 Å². The Hall–Kier alpha value is -1.89. The minimum atomic E-state index is -0.376. The fraction of sp³-hybridized carbons (Fsp3) is 0.444. The van der Waals surface area contributed by atoms with Crippen molar-refractivity contribution in [2.45, 2.75) is 26.4 Å². The summed E-state index contributed by atoms with van der Waals surface area (Å²) < 4.78 is 6.90. The van der Waals surface area contributed by atoms with Crippen LogP contribution in [0.1, 0.15) is 29.9 Å². The zero-order chi connectivity index (χ0) is 17.1. The molecule has 0 amide bonds. The molecular weight excluding hydrogens is 340 g/mol. The van der Waals surface area contributed by atoms with Crippen molar-refractivity contribution in [2.24, 2.45) is 11.7 Å². The average molecular weight is 365 g/mol. The van der Waals surface area contributed by atoms with Gasteiger partial charge in [-0.15, -0.1) is 12.4 Å². The lowest BCUT2D eigenvalue weighted by Crippen LogP contribution is -2.28. The number of halogens is 1. The molecule has 6 nitrogen and oxygen atoms in total. The second kappa shape index (κ2) is 8.47. The molecule has 7 heteroatoms. The largest absolute Gasteiger partial charge is 0.461 e. The molecular formula is C18H25ClN4O2. The van der Waals surface area contributed by atoms with Gasteiger partial charge in [-0.25, -0.2) is 9.48 Å². The van der Waals surface area contributed by atoms with Crippen LogP contribution in [-0.2, 0) is 11.3 Å². The summed E-state index contributed by atoms with van der Waals surface area (Å²) in [5.41, 5.74) is 8.28. The second-order valence-corrected chi connectivity index (χ2v) is 6.34. The summed E-state index contributed by atoms with van der Waals surface area (Å²) in [4.78, 5) is 14.5.